The zero-order valence-corrected chi connectivity index (χ0v) is 16.1. The maximum absolute atomic E-state index is 11.5. The Labute approximate surface area is 157 Å². The number of benzene rings is 2. The zero-order valence-electron chi connectivity index (χ0n) is 14.5. The van der Waals surface area contributed by atoms with E-state index in [0.29, 0.717) is 11.3 Å². The average Bonchev–Trinajstić information content (AvgIpc) is 2.63. The maximum atomic E-state index is 11.5. The summed E-state index contributed by atoms with van der Waals surface area (Å²) in [5.41, 5.74) is 2.52. The fraction of sp³-hybridized carbons (Fsp3) is 0.286. The summed E-state index contributed by atoms with van der Waals surface area (Å²) < 4.78 is 10.9. The molecule has 2 rings (SSSR count). The first-order valence-corrected chi connectivity index (χ1v) is 9.49. The van der Waals surface area contributed by atoms with Crippen molar-refractivity contribution in [2.75, 3.05) is 11.9 Å². The van der Waals surface area contributed by atoms with Gasteiger partial charge in [0.25, 0.3) is 0 Å². The Kier molecular flexibility index (Phi) is 7.74. The van der Waals surface area contributed by atoms with Gasteiger partial charge in [0.2, 0.25) is 0 Å². The molecule has 25 heavy (non-hydrogen) atoms. The van der Waals surface area contributed by atoms with E-state index < -0.39 is 5.97 Å². The van der Waals surface area contributed by atoms with Crippen LogP contribution in [-0.2, 0) is 4.79 Å². The molecule has 0 saturated carbocycles. The van der Waals surface area contributed by atoms with Gasteiger partial charge in [0.1, 0.15) is 11.5 Å². The lowest BCUT2D eigenvalue weighted by Gasteiger charge is -2.08. The van der Waals surface area contributed by atoms with E-state index in [4.69, 9.17) is 9.47 Å². The van der Waals surface area contributed by atoms with Crippen LogP contribution in [0.25, 0.3) is 11.1 Å². The van der Waals surface area contributed by atoms with Crippen LogP contribution in [0, 0.1) is 0 Å². The van der Waals surface area contributed by atoms with Gasteiger partial charge in [-0.1, -0.05) is 46.8 Å². The van der Waals surface area contributed by atoms with Gasteiger partial charge in [0.05, 0.1) is 6.61 Å². The van der Waals surface area contributed by atoms with Crippen LogP contribution in [0.4, 0.5) is 0 Å². The number of carbonyl (C=O) groups is 1. The van der Waals surface area contributed by atoms with Crippen LogP contribution in [0.5, 0.6) is 11.5 Å². The van der Waals surface area contributed by atoms with Crippen molar-refractivity contribution < 1.29 is 14.3 Å². The number of hydrogen-bond donors (Lipinski definition) is 0. The van der Waals surface area contributed by atoms with Crippen molar-refractivity contribution in [2.45, 2.75) is 26.2 Å². The number of unbranched alkanes of at least 4 members (excludes halogenated alkanes) is 2. The third-order valence-corrected chi connectivity index (χ3v) is 4.21. The van der Waals surface area contributed by atoms with E-state index in [2.05, 4.69) is 22.5 Å². The van der Waals surface area contributed by atoms with Crippen molar-refractivity contribution in [2.24, 2.45) is 0 Å². The smallest absolute Gasteiger partial charge is 0.338 e. The molecule has 132 valence electrons. The monoisotopic (exact) mass is 402 g/mol. The van der Waals surface area contributed by atoms with Crippen molar-refractivity contribution in [3.8, 4) is 22.6 Å². The van der Waals surface area contributed by atoms with Gasteiger partial charge in [-0.15, -0.1) is 0 Å². The molecule has 0 unspecified atom stereocenters. The van der Waals surface area contributed by atoms with Crippen molar-refractivity contribution >= 4 is 21.9 Å². The molecule has 0 bridgehead atoms. The lowest BCUT2D eigenvalue weighted by molar-refractivity contribution is -0.130. The minimum Gasteiger partial charge on any atom is -0.494 e. The molecule has 0 spiro atoms. The van der Waals surface area contributed by atoms with Gasteiger partial charge < -0.3 is 9.47 Å². The second kappa shape index (κ2) is 10.0. The molecule has 0 fully saturated rings. The number of rotatable bonds is 9. The summed E-state index contributed by atoms with van der Waals surface area (Å²) in [7, 11) is 0. The number of hydrogen-bond acceptors (Lipinski definition) is 3. The van der Waals surface area contributed by atoms with E-state index in [-0.39, 0.29) is 0 Å². The maximum Gasteiger partial charge on any atom is 0.338 e. The molecule has 4 heteroatoms. The molecule has 0 atom stereocenters. The summed E-state index contributed by atoms with van der Waals surface area (Å²) in [4.78, 5) is 11.5. The highest BCUT2D eigenvalue weighted by molar-refractivity contribution is 9.09. The Bertz CT molecular complexity index is 690. The zero-order chi connectivity index (χ0) is 18.1. The summed E-state index contributed by atoms with van der Waals surface area (Å²) in [6.07, 6.45) is 3.42. The van der Waals surface area contributed by atoms with Crippen LogP contribution in [-0.4, -0.2) is 17.9 Å². The standard InChI is InChI=1S/C21H23BrO3/c1-16(2)21(23)25-20-12-8-18(9-13-20)17-6-10-19(11-7-17)24-15-5-3-4-14-22/h6-13H,1,3-5,14-15H2,2H3. The van der Waals surface area contributed by atoms with Gasteiger partial charge in [0.15, 0.2) is 0 Å². The number of alkyl halides is 1. The summed E-state index contributed by atoms with van der Waals surface area (Å²) in [6, 6.07) is 15.4. The Balaban J connectivity index is 1.91. The number of ether oxygens (including phenoxy) is 2. The molecule has 0 aliphatic heterocycles. The van der Waals surface area contributed by atoms with Gasteiger partial charge in [-0.25, -0.2) is 4.79 Å². The van der Waals surface area contributed by atoms with Crippen LogP contribution < -0.4 is 9.47 Å². The van der Waals surface area contributed by atoms with Crippen LogP contribution in [0.15, 0.2) is 60.7 Å². The van der Waals surface area contributed by atoms with E-state index in [1.165, 1.54) is 12.8 Å². The molecule has 3 nitrogen and oxygen atoms in total. The highest BCUT2D eigenvalue weighted by Gasteiger charge is 2.05. The third kappa shape index (κ3) is 6.39. The van der Waals surface area contributed by atoms with E-state index >= 15 is 0 Å². The Hall–Kier alpha value is -2.07. The van der Waals surface area contributed by atoms with E-state index in [0.717, 1.165) is 35.2 Å². The Morgan fingerprint density at radius 1 is 0.920 bits per heavy atom. The van der Waals surface area contributed by atoms with Crippen molar-refractivity contribution in [3.05, 3.63) is 60.7 Å². The van der Waals surface area contributed by atoms with Crippen LogP contribution >= 0.6 is 15.9 Å². The summed E-state index contributed by atoms with van der Waals surface area (Å²) in [5.74, 6) is 0.986. The molecular formula is C21H23BrO3. The van der Waals surface area contributed by atoms with Crippen LogP contribution in [0.2, 0.25) is 0 Å². The van der Waals surface area contributed by atoms with Crippen LogP contribution in [0.3, 0.4) is 0 Å². The van der Waals surface area contributed by atoms with E-state index in [1.807, 2.05) is 36.4 Å². The fourth-order valence-corrected chi connectivity index (χ4v) is 2.61. The molecule has 2 aromatic rings. The molecule has 0 aromatic heterocycles. The lowest BCUT2D eigenvalue weighted by Crippen LogP contribution is -2.07. The number of esters is 1. The average molecular weight is 403 g/mol. The molecule has 0 aliphatic carbocycles. The van der Waals surface area contributed by atoms with E-state index in [9.17, 15) is 4.79 Å². The predicted molar refractivity (Wildman–Crippen MR) is 105 cm³/mol. The first-order valence-electron chi connectivity index (χ1n) is 8.37. The van der Waals surface area contributed by atoms with Crippen LogP contribution in [0.1, 0.15) is 26.2 Å². The third-order valence-electron chi connectivity index (χ3n) is 3.65. The summed E-state index contributed by atoms with van der Waals surface area (Å²) >= 11 is 3.43. The molecule has 0 heterocycles. The van der Waals surface area contributed by atoms with Gasteiger partial charge in [-0.2, -0.15) is 0 Å². The molecule has 2 aromatic carbocycles. The number of halogens is 1. The molecule has 0 aliphatic rings. The summed E-state index contributed by atoms with van der Waals surface area (Å²) in [6.45, 7) is 5.94. The highest BCUT2D eigenvalue weighted by atomic mass is 79.9. The van der Waals surface area contributed by atoms with Crippen molar-refractivity contribution in [1.82, 2.24) is 0 Å². The minimum absolute atomic E-state index is 0.381. The molecule has 0 amide bonds. The first kappa shape index (κ1) is 19.3. The molecule has 0 radical (unpaired) electrons. The van der Waals surface area contributed by atoms with Gasteiger partial charge >= 0.3 is 5.97 Å². The van der Waals surface area contributed by atoms with Crippen molar-refractivity contribution in [3.63, 3.8) is 0 Å². The van der Waals surface area contributed by atoms with Gasteiger partial charge in [-0.3, -0.25) is 0 Å². The fourth-order valence-electron chi connectivity index (χ4n) is 2.22. The quantitative estimate of drug-likeness (QED) is 0.175. The van der Waals surface area contributed by atoms with E-state index in [1.54, 1.807) is 19.1 Å². The second-order valence-electron chi connectivity index (χ2n) is 5.82. The SMILES string of the molecule is C=C(C)C(=O)Oc1ccc(-c2ccc(OCCCCCBr)cc2)cc1. The topological polar surface area (TPSA) is 35.5 Å². The van der Waals surface area contributed by atoms with Crippen molar-refractivity contribution in [1.29, 1.82) is 0 Å². The Morgan fingerprint density at radius 2 is 1.48 bits per heavy atom. The minimum atomic E-state index is -0.412. The molecular weight excluding hydrogens is 380 g/mol. The highest BCUT2D eigenvalue weighted by Crippen LogP contribution is 2.25. The normalized spacial score (nSPS) is 10.3. The molecule has 0 saturated heterocycles. The predicted octanol–water partition coefficient (Wildman–Crippen LogP) is 5.78. The molecule has 0 N–H and O–H groups in total. The second-order valence-corrected chi connectivity index (χ2v) is 6.61. The lowest BCUT2D eigenvalue weighted by atomic mass is 10.1. The van der Waals surface area contributed by atoms with Gasteiger partial charge in [0, 0.05) is 10.9 Å². The first-order chi connectivity index (χ1) is 12.1. The largest absolute Gasteiger partial charge is 0.494 e. The number of carbonyl (C=O) groups excluding carboxylic acids is 1. The Morgan fingerprint density at radius 3 is 2.00 bits per heavy atom. The summed E-state index contributed by atoms with van der Waals surface area (Å²) in [5, 5.41) is 1.05. The van der Waals surface area contributed by atoms with Gasteiger partial charge in [-0.05, 0) is 61.6 Å².